The van der Waals surface area contributed by atoms with Gasteiger partial charge in [0.1, 0.15) is 0 Å². The SMILES string of the molecule is CN(Cc1cc(C2CNC2)no1)C1(C)CC1.O=C(O)C(F)(F)F. The van der Waals surface area contributed by atoms with Crippen molar-refractivity contribution in [1.82, 2.24) is 15.4 Å². The molecular weight excluding hydrogens is 315 g/mol. The molecule has 1 aromatic rings. The molecule has 0 unspecified atom stereocenters. The van der Waals surface area contributed by atoms with Crippen LogP contribution in [0.1, 0.15) is 37.1 Å². The standard InChI is InChI=1S/C12H19N3O.C2HF3O2/c1-12(3-4-12)15(2)8-10-5-11(14-16-10)9-6-13-7-9;3-2(4,5)1(6)7/h5,9,13H,3-4,6-8H2,1-2H3;(H,6,7). The Bertz CT molecular complexity index is 551. The third kappa shape index (κ3) is 4.68. The van der Waals surface area contributed by atoms with Crippen LogP contribution in [-0.2, 0) is 11.3 Å². The van der Waals surface area contributed by atoms with E-state index in [1.807, 2.05) is 0 Å². The number of hydrogen-bond donors (Lipinski definition) is 2. The minimum atomic E-state index is -5.08. The van der Waals surface area contributed by atoms with Gasteiger partial charge in [0, 0.05) is 30.6 Å². The Kier molecular flexibility index (Phi) is 5.00. The Morgan fingerprint density at radius 1 is 1.52 bits per heavy atom. The van der Waals surface area contributed by atoms with E-state index in [1.54, 1.807) is 0 Å². The van der Waals surface area contributed by atoms with Crippen molar-refractivity contribution < 1.29 is 27.6 Å². The highest BCUT2D eigenvalue weighted by Crippen LogP contribution is 2.40. The average molecular weight is 335 g/mol. The van der Waals surface area contributed by atoms with Crippen LogP contribution < -0.4 is 5.32 Å². The molecule has 0 bridgehead atoms. The van der Waals surface area contributed by atoms with Crippen LogP contribution in [0.15, 0.2) is 10.6 Å². The van der Waals surface area contributed by atoms with Gasteiger partial charge in [0.05, 0.1) is 12.2 Å². The van der Waals surface area contributed by atoms with Crippen LogP contribution in [0, 0.1) is 0 Å². The molecule has 130 valence electrons. The second-order valence-electron chi connectivity index (χ2n) is 6.23. The van der Waals surface area contributed by atoms with Crippen LogP contribution in [0.4, 0.5) is 13.2 Å². The molecule has 2 aliphatic rings. The lowest BCUT2D eigenvalue weighted by atomic mass is 9.99. The summed E-state index contributed by atoms with van der Waals surface area (Å²) in [4.78, 5) is 11.3. The molecular formula is C14H20F3N3O3. The lowest BCUT2D eigenvalue weighted by Gasteiger charge is -2.24. The molecule has 0 radical (unpaired) electrons. The molecule has 23 heavy (non-hydrogen) atoms. The summed E-state index contributed by atoms with van der Waals surface area (Å²) in [7, 11) is 2.17. The highest BCUT2D eigenvalue weighted by atomic mass is 19.4. The van der Waals surface area contributed by atoms with Gasteiger partial charge in [0.25, 0.3) is 0 Å². The van der Waals surface area contributed by atoms with Crippen molar-refractivity contribution in [3.63, 3.8) is 0 Å². The fourth-order valence-electron chi connectivity index (χ4n) is 2.08. The molecule has 1 aromatic heterocycles. The molecule has 0 spiro atoms. The van der Waals surface area contributed by atoms with Gasteiger partial charge in [-0.1, -0.05) is 5.16 Å². The molecule has 6 nitrogen and oxygen atoms in total. The molecule has 0 aromatic carbocycles. The topological polar surface area (TPSA) is 78.6 Å². The van der Waals surface area contributed by atoms with Crippen LogP contribution in [-0.4, -0.2) is 53.0 Å². The maximum atomic E-state index is 10.6. The Labute approximate surface area is 131 Å². The monoisotopic (exact) mass is 335 g/mol. The fraction of sp³-hybridized carbons (Fsp3) is 0.714. The van der Waals surface area contributed by atoms with Crippen LogP contribution in [0.2, 0.25) is 0 Å². The number of alkyl halides is 3. The van der Waals surface area contributed by atoms with E-state index in [1.165, 1.54) is 12.8 Å². The van der Waals surface area contributed by atoms with Gasteiger partial charge in [0.2, 0.25) is 0 Å². The number of carbonyl (C=O) groups is 1. The molecule has 3 rings (SSSR count). The third-order valence-electron chi connectivity index (χ3n) is 4.31. The molecule has 1 aliphatic heterocycles. The number of aromatic nitrogens is 1. The van der Waals surface area contributed by atoms with Crippen LogP contribution in [0.25, 0.3) is 0 Å². The summed E-state index contributed by atoms with van der Waals surface area (Å²) in [5.41, 5.74) is 1.52. The molecule has 9 heteroatoms. The lowest BCUT2D eigenvalue weighted by Crippen LogP contribution is -2.40. The molecule has 1 saturated heterocycles. The minimum Gasteiger partial charge on any atom is -0.475 e. The van der Waals surface area contributed by atoms with Gasteiger partial charge >= 0.3 is 12.1 Å². The molecule has 2 fully saturated rings. The van der Waals surface area contributed by atoms with E-state index in [-0.39, 0.29) is 0 Å². The Hall–Kier alpha value is -1.61. The summed E-state index contributed by atoms with van der Waals surface area (Å²) < 4.78 is 37.1. The number of nitrogens with zero attached hydrogens (tertiary/aromatic N) is 2. The minimum absolute atomic E-state index is 0.408. The van der Waals surface area contributed by atoms with Crippen LogP contribution in [0.5, 0.6) is 0 Å². The molecule has 0 atom stereocenters. The second-order valence-corrected chi connectivity index (χ2v) is 6.23. The molecule has 2 heterocycles. The number of aliphatic carboxylic acids is 1. The Balaban J connectivity index is 0.000000236. The highest BCUT2D eigenvalue weighted by Gasteiger charge is 2.41. The van der Waals surface area contributed by atoms with Crippen molar-refractivity contribution in [3.8, 4) is 0 Å². The van der Waals surface area contributed by atoms with E-state index in [9.17, 15) is 13.2 Å². The van der Waals surface area contributed by atoms with Crippen LogP contribution in [0.3, 0.4) is 0 Å². The average Bonchev–Trinajstić information content (AvgIpc) is 2.97. The van der Waals surface area contributed by atoms with E-state index >= 15 is 0 Å². The van der Waals surface area contributed by atoms with Crippen molar-refractivity contribution in [1.29, 1.82) is 0 Å². The summed E-state index contributed by atoms with van der Waals surface area (Å²) in [5.74, 6) is -1.19. The third-order valence-corrected chi connectivity index (χ3v) is 4.31. The first kappa shape index (κ1) is 17.7. The number of nitrogens with one attached hydrogen (secondary N) is 1. The zero-order valence-corrected chi connectivity index (χ0v) is 13.0. The van der Waals surface area contributed by atoms with Gasteiger partial charge in [-0.2, -0.15) is 13.2 Å². The fourth-order valence-corrected chi connectivity index (χ4v) is 2.08. The zero-order valence-electron chi connectivity index (χ0n) is 13.0. The quantitative estimate of drug-likeness (QED) is 0.876. The van der Waals surface area contributed by atoms with Gasteiger partial charge in [-0.3, -0.25) is 4.90 Å². The van der Waals surface area contributed by atoms with Crippen LogP contribution >= 0.6 is 0 Å². The normalized spacial score (nSPS) is 19.7. The van der Waals surface area contributed by atoms with E-state index in [2.05, 4.69) is 35.4 Å². The van der Waals surface area contributed by atoms with Gasteiger partial charge in [0.15, 0.2) is 5.76 Å². The van der Waals surface area contributed by atoms with E-state index in [0.717, 1.165) is 31.1 Å². The maximum Gasteiger partial charge on any atom is 0.490 e. The van der Waals surface area contributed by atoms with E-state index in [0.29, 0.717) is 11.5 Å². The van der Waals surface area contributed by atoms with Crippen molar-refractivity contribution in [2.45, 2.75) is 43.9 Å². The van der Waals surface area contributed by atoms with Gasteiger partial charge in [-0.15, -0.1) is 0 Å². The predicted octanol–water partition coefficient (Wildman–Crippen LogP) is 1.98. The van der Waals surface area contributed by atoms with E-state index in [4.69, 9.17) is 14.4 Å². The van der Waals surface area contributed by atoms with Crippen molar-refractivity contribution in [2.75, 3.05) is 20.1 Å². The number of carboxylic acid groups (broad SMARTS) is 1. The molecule has 0 amide bonds. The first-order valence-electron chi connectivity index (χ1n) is 7.29. The number of carboxylic acids is 1. The summed E-state index contributed by atoms with van der Waals surface area (Å²) in [5, 5.41) is 14.5. The zero-order chi connectivity index (χ0) is 17.3. The number of rotatable bonds is 4. The smallest absolute Gasteiger partial charge is 0.475 e. The van der Waals surface area contributed by atoms with Crippen molar-refractivity contribution in [2.24, 2.45) is 0 Å². The molecule has 2 N–H and O–H groups in total. The first-order valence-corrected chi connectivity index (χ1v) is 7.29. The lowest BCUT2D eigenvalue weighted by molar-refractivity contribution is -0.192. The van der Waals surface area contributed by atoms with Gasteiger partial charge < -0.3 is 14.9 Å². The van der Waals surface area contributed by atoms with Gasteiger partial charge in [-0.25, -0.2) is 4.79 Å². The summed E-state index contributed by atoms with van der Waals surface area (Å²) in [6.07, 6.45) is -2.48. The highest BCUT2D eigenvalue weighted by molar-refractivity contribution is 5.73. The Morgan fingerprint density at radius 2 is 2.09 bits per heavy atom. The maximum absolute atomic E-state index is 10.6. The second kappa shape index (κ2) is 6.48. The first-order chi connectivity index (χ1) is 10.6. The van der Waals surface area contributed by atoms with Gasteiger partial charge in [-0.05, 0) is 26.8 Å². The Morgan fingerprint density at radius 3 is 2.48 bits per heavy atom. The molecule has 1 saturated carbocycles. The summed E-state index contributed by atoms with van der Waals surface area (Å²) in [6, 6.07) is 2.12. The summed E-state index contributed by atoms with van der Waals surface area (Å²) >= 11 is 0. The number of hydrogen-bond acceptors (Lipinski definition) is 5. The van der Waals surface area contributed by atoms with Crippen molar-refractivity contribution in [3.05, 3.63) is 17.5 Å². The predicted molar refractivity (Wildman–Crippen MR) is 74.9 cm³/mol. The summed E-state index contributed by atoms with van der Waals surface area (Å²) in [6.45, 7) is 5.27. The molecule has 1 aliphatic carbocycles. The van der Waals surface area contributed by atoms with E-state index < -0.39 is 12.1 Å². The largest absolute Gasteiger partial charge is 0.490 e. The van der Waals surface area contributed by atoms with Crippen molar-refractivity contribution >= 4 is 5.97 Å². The number of halogens is 3.